The Hall–Kier alpha value is -3.41. The van der Waals surface area contributed by atoms with E-state index in [-0.39, 0.29) is 18.4 Å². The van der Waals surface area contributed by atoms with Crippen molar-refractivity contribution in [2.75, 3.05) is 11.4 Å². The zero-order chi connectivity index (χ0) is 19.0. The number of nitrogens with one attached hydrogen (secondary N) is 2. The van der Waals surface area contributed by atoms with Crippen LogP contribution >= 0.6 is 0 Å². The van der Waals surface area contributed by atoms with Crippen LogP contribution in [0.3, 0.4) is 0 Å². The van der Waals surface area contributed by atoms with Crippen LogP contribution in [0.5, 0.6) is 0 Å². The molecule has 1 aliphatic rings. The predicted octanol–water partition coefficient (Wildman–Crippen LogP) is 2.58. The number of amides is 2. The lowest BCUT2D eigenvalue weighted by atomic mass is 10.1. The van der Waals surface area contributed by atoms with E-state index in [1.165, 1.54) is 0 Å². The first kappa shape index (κ1) is 17.0. The molecule has 27 heavy (non-hydrogen) atoms. The molecule has 0 radical (unpaired) electrons. The second-order valence-corrected chi connectivity index (χ2v) is 6.79. The largest absolute Gasteiger partial charge is 0.360 e. The maximum Gasteiger partial charge on any atom is 0.292 e. The molecular formula is C21H19N3O3. The minimum atomic E-state index is -0.691. The van der Waals surface area contributed by atoms with Crippen molar-refractivity contribution < 1.29 is 14.4 Å². The van der Waals surface area contributed by atoms with E-state index < -0.39 is 11.7 Å². The fourth-order valence-corrected chi connectivity index (χ4v) is 3.41. The molecule has 0 unspecified atom stereocenters. The van der Waals surface area contributed by atoms with Crippen molar-refractivity contribution in [1.29, 1.82) is 0 Å². The number of H-pyrrole nitrogens is 1. The molecule has 6 nitrogen and oxygen atoms in total. The number of anilines is 1. The Morgan fingerprint density at radius 1 is 1.11 bits per heavy atom. The third kappa shape index (κ3) is 3.21. The molecule has 1 atom stereocenters. The smallest absolute Gasteiger partial charge is 0.292 e. The van der Waals surface area contributed by atoms with Crippen LogP contribution in [0.15, 0.2) is 54.7 Å². The molecule has 1 fully saturated rings. The number of rotatable bonds is 4. The van der Waals surface area contributed by atoms with E-state index in [9.17, 15) is 14.4 Å². The Kier molecular flexibility index (Phi) is 4.24. The summed E-state index contributed by atoms with van der Waals surface area (Å²) in [5.41, 5.74) is 3.04. The average molecular weight is 361 g/mol. The molecule has 2 N–H and O–H groups in total. The monoisotopic (exact) mass is 361 g/mol. The van der Waals surface area contributed by atoms with E-state index in [2.05, 4.69) is 10.3 Å². The number of carbonyl (C=O) groups is 3. The number of Topliss-reactive ketones (excluding diaryl/α,β-unsaturated/α-hetero) is 1. The molecule has 1 aromatic heterocycles. The molecule has 4 rings (SSSR count). The lowest BCUT2D eigenvalue weighted by Crippen LogP contribution is -2.40. The van der Waals surface area contributed by atoms with Crippen LogP contribution in [-0.2, 0) is 9.59 Å². The normalized spacial score (nSPS) is 16.7. The maximum absolute atomic E-state index is 12.5. The predicted molar refractivity (Wildman–Crippen MR) is 103 cm³/mol. The zero-order valence-corrected chi connectivity index (χ0v) is 14.9. The summed E-state index contributed by atoms with van der Waals surface area (Å²) in [6.45, 7) is 2.34. The van der Waals surface area contributed by atoms with Gasteiger partial charge in [0, 0.05) is 35.8 Å². The third-order valence-electron chi connectivity index (χ3n) is 4.85. The quantitative estimate of drug-likeness (QED) is 0.553. The number of aromatic amines is 1. The van der Waals surface area contributed by atoms with Gasteiger partial charge in [0.05, 0.1) is 11.6 Å². The van der Waals surface area contributed by atoms with Crippen LogP contribution in [-0.4, -0.2) is 35.2 Å². The van der Waals surface area contributed by atoms with Crippen LogP contribution in [0.2, 0.25) is 0 Å². The van der Waals surface area contributed by atoms with E-state index in [0.29, 0.717) is 17.5 Å². The van der Waals surface area contributed by atoms with E-state index >= 15 is 0 Å². The first-order valence-electron chi connectivity index (χ1n) is 8.81. The van der Waals surface area contributed by atoms with Gasteiger partial charge in [-0.05, 0) is 25.1 Å². The zero-order valence-electron chi connectivity index (χ0n) is 14.9. The number of carbonyl (C=O) groups excluding carboxylic acids is 3. The third-order valence-corrected chi connectivity index (χ3v) is 4.85. The summed E-state index contributed by atoms with van der Waals surface area (Å²) in [4.78, 5) is 41.9. The number of fused-ring (bicyclic) bond motifs is 1. The summed E-state index contributed by atoms with van der Waals surface area (Å²) >= 11 is 0. The van der Waals surface area contributed by atoms with E-state index in [0.717, 1.165) is 16.8 Å². The molecule has 1 saturated heterocycles. The second-order valence-electron chi connectivity index (χ2n) is 6.79. The van der Waals surface area contributed by atoms with Crippen molar-refractivity contribution in [1.82, 2.24) is 10.3 Å². The molecule has 0 spiro atoms. The van der Waals surface area contributed by atoms with Gasteiger partial charge in [0.15, 0.2) is 0 Å². The number of benzene rings is 2. The van der Waals surface area contributed by atoms with Gasteiger partial charge in [-0.3, -0.25) is 14.4 Å². The second kappa shape index (κ2) is 6.72. The Morgan fingerprint density at radius 3 is 2.63 bits per heavy atom. The number of ketones is 1. The summed E-state index contributed by atoms with van der Waals surface area (Å²) in [6, 6.07) is 14.6. The number of hydrogen-bond donors (Lipinski definition) is 2. The van der Waals surface area contributed by atoms with Crippen molar-refractivity contribution in [3.8, 4) is 0 Å². The Morgan fingerprint density at radius 2 is 1.85 bits per heavy atom. The number of para-hydroxylation sites is 1. The molecule has 3 aromatic rings. The molecule has 0 bridgehead atoms. The van der Waals surface area contributed by atoms with Gasteiger partial charge in [0.25, 0.3) is 11.7 Å². The van der Waals surface area contributed by atoms with Gasteiger partial charge in [-0.25, -0.2) is 0 Å². The fraction of sp³-hybridized carbons (Fsp3) is 0.190. The van der Waals surface area contributed by atoms with Gasteiger partial charge in [0.2, 0.25) is 5.91 Å². The molecule has 0 aliphatic carbocycles. The van der Waals surface area contributed by atoms with Crippen LogP contribution in [0.1, 0.15) is 22.3 Å². The number of aromatic nitrogens is 1. The molecular weight excluding hydrogens is 342 g/mol. The standard InChI is InChI=1S/C21H19N3O3/c1-13-6-8-15(9-7-13)24-12-14(10-19(24)25)23-21(27)20(26)17-11-22-18-5-3-2-4-16(17)18/h2-9,11,14,22H,10,12H2,1H3,(H,23,27)/t14-/m0/s1. The summed E-state index contributed by atoms with van der Waals surface area (Å²) in [7, 11) is 0. The maximum atomic E-state index is 12.5. The number of aryl methyl sites for hydroxylation is 1. The fourth-order valence-electron chi connectivity index (χ4n) is 3.41. The highest BCUT2D eigenvalue weighted by atomic mass is 16.2. The molecule has 0 saturated carbocycles. The first-order chi connectivity index (χ1) is 13.0. The molecule has 2 heterocycles. The Bertz CT molecular complexity index is 1040. The number of nitrogens with zero attached hydrogens (tertiary/aromatic N) is 1. The molecule has 2 aromatic carbocycles. The van der Waals surface area contributed by atoms with Crippen molar-refractivity contribution in [2.45, 2.75) is 19.4 Å². The summed E-state index contributed by atoms with van der Waals surface area (Å²) < 4.78 is 0. The van der Waals surface area contributed by atoms with Gasteiger partial charge >= 0.3 is 0 Å². The highest BCUT2D eigenvalue weighted by molar-refractivity contribution is 6.45. The topological polar surface area (TPSA) is 82.3 Å². The van der Waals surface area contributed by atoms with Crippen molar-refractivity contribution >= 4 is 34.2 Å². The van der Waals surface area contributed by atoms with Crippen molar-refractivity contribution in [3.05, 3.63) is 65.9 Å². The summed E-state index contributed by atoms with van der Waals surface area (Å²) in [5.74, 6) is -1.36. The van der Waals surface area contributed by atoms with Crippen molar-refractivity contribution in [3.63, 3.8) is 0 Å². The van der Waals surface area contributed by atoms with Gasteiger partial charge in [-0.2, -0.15) is 0 Å². The lowest BCUT2D eigenvalue weighted by Gasteiger charge is -2.17. The van der Waals surface area contributed by atoms with Crippen LogP contribution in [0.4, 0.5) is 5.69 Å². The van der Waals surface area contributed by atoms with Crippen LogP contribution < -0.4 is 10.2 Å². The molecule has 1 aliphatic heterocycles. The van der Waals surface area contributed by atoms with Gasteiger partial charge < -0.3 is 15.2 Å². The molecule has 6 heteroatoms. The van der Waals surface area contributed by atoms with Crippen LogP contribution in [0.25, 0.3) is 10.9 Å². The molecule has 136 valence electrons. The Labute approximate surface area is 156 Å². The highest BCUT2D eigenvalue weighted by Gasteiger charge is 2.33. The van der Waals surface area contributed by atoms with Crippen molar-refractivity contribution in [2.24, 2.45) is 0 Å². The minimum Gasteiger partial charge on any atom is -0.360 e. The number of hydrogen-bond acceptors (Lipinski definition) is 3. The van der Waals surface area contributed by atoms with E-state index in [4.69, 9.17) is 0 Å². The SMILES string of the molecule is Cc1ccc(N2C[C@@H](NC(=O)C(=O)c3c[nH]c4ccccc34)CC2=O)cc1. The first-order valence-corrected chi connectivity index (χ1v) is 8.81. The minimum absolute atomic E-state index is 0.0660. The average Bonchev–Trinajstić information content (AvgIpc) is 3.25. The van der Waals surface area contributed by atoms with Crippen LogP contribution in [0, 0.1) is 6.92 Å². The van der Waals surface area contributed by atoms with Gasteiger partial charge in [-0.15, -0.1) is 0 Å². The van der Waals surface area contributed by atoms with E-state index in [1.54, 1.807) is 17.2 Å². The molecule has 2 amide bonds. The van der Waals surface area contributed by atoms with Gasteiger partial charge in [0.1, 0.15) is 0 Å². The lowest BCUT2D eigenvalue weighted by molar-refractivity contribution is -0.118. The van der Waals surface area contributed by atoms with E-state index in [1.807, 2.05) is 49.4 Å². The highest BCUT2D eigenvalue weighted by Crippen LogP contribution is 2.22. The Balaban J connectivity index is 1.46. The van der Waals surface area contributed by atoms with Gasteiger partial charge in [-0.1, -0.05) is 35.9 Å². The summed E-state index contributed by atoms with van der Waals surface area (Å²) in [6.07, 6.45) is 1.73. The summed E-state index contributed by atoms with van der Waals surface area (Å²) in [5, 5.41) is 3.42.